The number of rotatable bonds is 8. The van der Waals surface area contributed by atoms with Crippen molar-refractivity contribution in [2.45, 2.75) is 13.1 Å². The van der Waals surface area contributed by atoms with E-state index in [9.17, 15) is 27.9 Å². The third-order valence-corrected chi connectivity index (χ3v) is 6.78. The number of carbonyl (C=O) groups is 2. The van der Waals surface area contributed by atoms with Gasteiger partial charge in [0.05, 0.1) is 5.56 Å². The molecule has 12 nitrogen and oxygen atoms in total. The van der Waals surface area contributed by atoms with Gasteiger partial charge in [-0.25, -0.2) is 19.8 Å². The summed E-state index contributed by atoms with van der Waals surface area (Å²) in [5.41, 5.74) is 3.46. The molecule has 5 rings (SSSR count). The lowest BCUT2D eigenvalue weighted by molar-refractivity contribution is -0.137. The predicted molar refractivity (Wildman–Crippen MR) is 153 cm³/mol. The number of nitrogens with one attached hydrogen (secondary N) is 3. The molecule has 4 aromatic rings. The van der Waals surface area contributed by atoms with E-state index in [1.165, 1.54) is 29.2 Å². The Balaban J connectivity index is 1.39. The molecule has 1 amide bonds. The van der Waals surface area contributed by atoms with Crippen LogP contribution >= 0.6 is 0 Å². The number of aryl methyl sites for hydroxylation is 1. The molecule has 3 heterocycles. The number of alkyl halides is 3. The second-order valence-corrected chi connectivity index (χ2v) is 9.98. The van der Waals surface area contributed by atoms with Crippen molar-refractivity contribution in [3.8, 4) is 5.82 Å². The first-order valence-electron chi connectivity index (χ1n) is 13.2. The van der Waals surface area contributed by atoms with Gasteiger partial charge >= 0.3 is 12.1 Å². The lowest BCUT2D eigenvalue weighted by atomic mass is 10.1. The highest BCUT2D eigenvalue weighted by atomic mass is 19.4. The number of amides is 1. The number of likely N-dealkylation sites (N-methyl/N-ethyl adjacent to an activating group) is 1. The van der Waals surface area contributed by atoms with E-state index >= 15 is 0 Å². The van der Waals surface area contributed by atoms with Gasteiger partial charge in [0, 0.05) is 55.2 Å². The van der Waals surface area contributed by atoms with Crippen LogP contribution in [0.3, 0.4) is 0 Å². The van der Waals surface area contributed by atoms with Crippen molar-refractivity contribution in [3.05, 3.63) is 83.3 Å². The van der Waals surface area contributed by atoms with Gasteiger partial charge in [-0.3, -0.25) is 4.79 Å². The third-order valence-electron chi connectivity index (χ3n) is 6.78. The second kappa shape index (κ2) is 12.1. The van der Waals surface area contributed by atoms with E-state index in [0.29, 0.717) is 23.0 Å². The number of hydrazine groups is 1. The molecule has 43 heavy (non-hydrogen) atoms. The molecule has 4 N–H and O–H groups in total. The van der Waals surface area contributed by atoms with Gasteiger partial charge in [0.1, 0.15) is 18.0 Å². The Morgan fingerprint density at radius 1 is 0.977 bits per heavy atom. The number of anilines is 4. The zero-order valence-electron chi connectivity index (χ0n) is 23.2. The molecule has 0 aliphatic carbocycles. The number of carbonyl (C=O) groups excluding carboxylic acids is 1. The standard InChI is InChI=1S/C28H28F3N9O3/c1-17-6-7-20(34-26(41)18-4-3-5-19(12-18)28(29,30)31)13-21(17)35-25-14-22(27(42)43)36-40(25)24-15-23(32-16-33-24)37-39-10-8-38(2)9-11-39/h3-7,12-16,35H,8-11H2,1-2H3,(H,34,41)(H,42,43)(H,32,33,37). The minimum atomic E-state index is -4.58. The van der Waals surface area contributed by atoms with Crippen molar-refractivity contribution in [2.24, 2.45) is 0 Å². The molecule has 0 bridgehead atoms. The number of nitrogens with zero attached hydrogens (tertiary/aromatic N) is 6. The van der Waals surface area contributed by atoms with Crippen molar-refractivity contribution in [3.63, 3.8) is 0 Å². The summed E-state index contributed by atoms with van der Waals surface area (Å²) in [5, 5.41) is 21.6. The lowest BCUT2D eigenvalue weighted by Gasteiger charge is -2.32. The monoisotopic (exact) mass is 595 g/mol. The maximum Gasteiger partial charge on any atom is 0.416 e. The van der Waals surface area contributed by atoms with Crippen LogP contribution in [0.25, 0.3) is 5.82 Å². The Morgan fingerprint density at radius 3 is 2.47 bits per heavy atom. The number of piperazine rings is 1. The van der Waals surface area contributed by atoms with E-state index in [-0.39, 0.29) is 17.1 Å². The molecule has 1 saturated heterocycles. The maximum absolute atomic E-state index is 13.1. The second-order valence-electron chi connectivity index (χ2n) is 9.98. The molecule has 0 atom stereocenters. The molecule has 2 aromatic heterocycles. The number of hydrogen-bond acceptors (Lipinski definition) is 9. The first-order valence-corrected chi connectivity index (χ1v) is 13.2. The molecule has 224 valence electrons. The summed E-state index contributed by atoms with van der Waals surface area (Å²) in [5.74, 6) is -0.895. The largest absolute Gasteiger partial charge is 0.476 e. The summed E-state index contributed by atoms with van der Waals surface area (Å²) in [6.45, 7) is 5.14. The highest BCUT2D eigenvalue weighted by Crippen LogP contribution is 2.30. The minimum absolute atomic E-state index is 0.154. The molecule has 1 aliphatic heterocycles. The molecule has 1 fully saturated rings. The zero-order chi connectivity index (χ0) is 30.7. The van der Waals surface area contributed by atoms with Crippen LogP contribution in [0.1, 0.15) is 32.0 Å². The molecule has 1 aliphatic rings. The lowest BCUT2D eigenvalue weighted by Crippen LogP contribution is -2.47. The molecule has 15 heteroatoms. The van der Waals surface area contributed by atoms with Crippen molar-refractivity contribution < 1.29 is 27.9 Å². The summed E-state index contributed by atoms with van der Waals surface area (Å²) < 4.78 is 40.7. The Hall–Kier alpha value is -5.02. The van der Waals surface area contributed by atoms with E-state index in [0.717, 1.165) is 43.9 Å². The normalized spacial score (nSPS) is 14.3. The van der Waals surface area contributed by atoms with E-state index in [1.54, 1.807) is 31.2 Å². The van der Waals surface area contributed by atoms with E-state index in [2.05, 4.69) is 36.0 Å². The van der Waals surface area contributed by atoms with Crippen LogP contribution < -0.4 is 16.1 Å². The van der Waals surface area contributed by atoms with E-state index in [1.807, 2.05) is 12.1 Å². The van der Waals surface area contributed by atoms with Crippen LogP contribution in [0.5, 0.6) is 0 Å². The highest BCUT2D eigenvalue weighted by Gasteiger charge is 2.31. The molecule has 2 aromatic carbocycles. The minimum Gasteiger partial charge on any atom is -0.476 e. The Morgan fingerprint density at radius 2 is 1.74 bits per heavy atom. The number of halogens is 3. The fraction of sp³-hybridized carbons (Fsp3) is 0.250. The van der Waals surface area contributed by atoms with Gasteiger partial charge < -0.3 is 26.1 Å². The van der Waals surface area contributed by atoms with Crippen LogP contribution in [-0.4, -0.2) is 79.9 Å². The molecule has 0 spiro atoms. The Kier molecular flexibility index (Phi) is 8.27. The molecule has 0 unspecified atom stereocenters. The average molecular weight is 596 g/mol. The first-order chi connectivity index (χ1) is 20.5. The van der Waals surface area contributed by atoms with Crippen molar-refractivity contribution in [2.75, 3.05) is 49.3 Å². The number of benzene rings is 2. The summed E-state index contributed by atoms with van der Waals surface area (Å²) in [6, 6.07) is 12.0. The molecule has 0 radical (unpaired) electrons. The fourth-order valence-electron chi connectivity index (χ4n) is 4.37. The van der Waals surface area contributed by atoms with Crippen LogP contribution in [0, 0.1) is 6.92 Å². The molecular weight excluding hydrogens is 567 g/mol. The summed E-state index contributed by atoms with van der Waals surface area (Å²) in [6.07, 6.45) is -3.24. The van der Waals surface area contributed by atoms with Crippen LogP contribution in [0.2, 0.25) is 0 Å². The van der Waals surface area contributed by atoms with Gasteiger partial charge in [-0.1, -0.05) is 12.1 Å². The SMILES string of the molecule is Cc1ccc(NC(=O)c2cccc(C(F)(F)F)c2)cc1Nc1cc(C(=O)O)nn1-c1cc(NN2CCN(C)CC2)ncn1. The average Bonchev–Trinajstić information content (AvgIpc) is 3.40. The summed E-state index contributed by atoms with van der Waals surface area (Å²) in [4.78, 5) is 35.3. The van der Waals surface area contributed by atoms with Crippen molar-refractivity contribution >= 4 is 34.9 Å². The topological polar surface area (TPSA) is 141 Å². The molecular formula is C28H28F3N9O3. The van der Waals surface area contributed by atoms with Crippen molar-refractivity contribution in [1.82, 2.24) is 29.7 Å². The number of hydrogen-bond donors (Lipinski definition) is 4. The first kappa shape index (κ1) is 29.5. The highest BCUT2D eigenvalue weighted by molar-refractivity contribution is 6.04. The number of aromatic nitrogens is 4. The van der Waals surface area contributed by atoms with Crippen molar-refractivity contribution in [1.29, 1.82) is 0 Å². The Bertz CT molecular complexity index is 1650. The van der Waals surface area contributed by atoms with Gasteiger partial charge in [0.15, 0.2) is 11.5 Å². The van der Waals surface area contributed by atoms with E-state index < -0.39 is 23.6 Å². The smallest absolute Gasteiger partial charge is 0.416 e. The molecule has 0 saturated carbocycles. The summed E-state index contributed by atoms with van der Waals surface area (Å²) in [7, 11) is 2.05. The predicted octanol–water partition coefficient (Wildman–Crippen LogP) is 4.26. The van der Waals surface area contributed by atoms with Gasteiger partial charge in [-0.2, -0.15) is 23.0 Å². The summed E-state index contributed by atoms with van der Waals surface area (Å²) >= 11 is 0. The van der Waals surface area contributed by atoms with Crippen LogP contribution in [0.4, 0.5) is 36.2 Å². The fourth-order valence-corrected chi connectivity index (χ4v) is 4.37. The van der Waals surface area contributed by atoms with Gasteiger partial charge in [0.25, 0.3) is 5.91 Å². The van der Waals surface area contributed by atoms with Gasteiger partial charge in [-0.15, -0.1) is 0 Å². The number of aromatic carboxylic acids is 1. The van der Waals surface area contributed by atoms with Crippen LogP contribution in [0.15, 0.2) is 60.9 Å². The van der Waals surface area contributed by atoms with E-state index in [4.69, 9.17) is 0 Å². The number of carboxylic acids is 1. The van der Waals surface area contributed by atoms with Gasteiger partial charge in [-0.05, 0) is 49.9 Å². The quantitative estimate of drug-likeness (QED) is 0.234. The van der Waals surface area contributed by atoms with Gasteiger partial charge in [0.2, 0.25) is 0 Å². The Labute approximate surface area is 244 Å². The third kappa shape index (κ3) is 7.07. The maximum atomic E-state index is 13.1. The zero-order valence-corrected chi connectivity index (χ0v) is 23.2. The van der Waals surface area contributed by atoms with Crippen LogP contribution in [-0.2, 0) is 6.18 Å². The number of carboxylic acid groups (broad SMARTS) is 1.